The molecule has 0 aliphatic heterocycles. The average Bonchev–Trinajstić information content (AvgIpc) is 2.31. The van der Waals surface area contributed by atoms with Gasteiger partial charge in [0.15, 0.2) is 0 Å². The maximum atomic E-state index is 10.5. The van der Waals surface area contributed by atoms with Crippen molar-refractivity contribution >= 4 is 28.6 Å². The van der Waals surface area contributed by atoms with Gasteiger partial charge in [0.05, 0.1) is 9.89 Å². The van der Waals surface area contributed by atoms with Crippen molar-refractivity contribution < 1.29 is 61.3 Å². The molecule has 0 saturated heterocycles. The summed E-state index contributed by atoms with van der Waals surface area (Å²) in [5.74, 6) is -0.915. The second kappa shape index (κ2) is 16.9. The van der Waals surface area contributed by atoms with Crippen LogP contribution in [0.15, 0.2) is 0 Å². The number of carbonyl (C=O) groups is 1. The fourth-order valence-corrected chi connectivity index (χ4v) is 2.37. The summed E-state index contributed by atoms with van der Waals surface area (Å²) < 4.78 is -0.304. The zero-order valence-electron chi connectivity index (χ0n) is 12.0. The molecule has 0 heterocycles. The molecule has 0 radical (unpaired) electrons. The minimum atomic E-state index is -0.915. The van der Waals surface area contributed by atoms with Crippen molar-refractivity contribution in [1.29, 1.82) is 0 Å². The minimum Gasteiger partial charge on any atom is -0.549 e. The molecule has 0 saturated carbocycles. The monoisotopic (exact) mass is 392 g/mol. The summed E-state index contributed by atoms with van der Waals surface area (Å²) in [4.78, 5) is 10.5. The van der Waals surface area contributed by atoms with Gasteiger partial charge in [0.1, 0.15) is 0 Å². The predicted molar refractivity (Wildman–Crippen MR) is 79.3 cm³/mol. The summed E-state index contributed by atoms with van der Waals surface area (Å²) in [5.41, 5.74) is 0. The van der Waals surface area contributed by atoms with Crippen LogP contribution in [-0.4, -0.2) is 9.89 Å². The zero-order chi connectivity index (χ0) is 12.9. The van der Waals surface area contributed by atoms with Crippen LogP contribution in [0.5, 0.6) is 0 Å². The quantitative estimate of drug-likeness (QED) is 0.214. The van der Waals surface area contributed by atoms with E-state index in [0.717, 1.165) is 12.8 Å². The first-order valence-electron chi connectivity index (χ1n) is 7.03. The molecule has 0 aliphatic rings. The topological polar surface area (TPSA) is 40.1 Å². The fraction of sp³-hybridized carbons (Fsp3) is 0.929. The van der Waals surface area contributed by atoms with Gasteiger partial charge < -0.3 is 9.90 Å². The number of hydrogen-bond acceptors (Lipinski definition) is 2. The number of carbonyl (C=O) groups excluding carboxylic acids is 1. The molecule has 0 aromatic heterocycles. The number of rotatable bonds is 12. The first-order chi connectivity index (χ1) is 8.18. The molecule has 0 N–H and O–H groups in total. The van der Waals surface area contributed by atoms with Gasteiger partial charge in [-0.05, 0) is 6.42 Å². The number of unbranched alkanes of at least 4 members (excludes halogenated alkanes) is 9. The molecule has 102 valence electrons. The standard InChI is InChI=1S/C14H27IO2.K/c1-2-3-4-5-6-7-8-9-10-11-12-13(15)14(16)17;/h13H,2-12H2,1H3,(H,16,17);/q;+1/p-1. The Bertz CT molecular complexity index is 189. The third-order valence-corrected chi connectivity index (χ3v) is 4.20. The normalized spacial score (nSPS) is 11.9. The Morgan fingerprint density at radius 2 is 1.33 bits per heavy atom. The van der Waals surface area contributed by atoms with E-state index in [4.69, 9.17) is 0 Å². The first-order valence-corrected chi connectivity index (χ1v) is 8.28. The van der Waals surface area contributed by atoms with Gasteiger partial charge in [0.25, 0.3) is 0 Å². The maximum absolute atomic E-state index is 10.5. The Morgan fingerprint density at radius 3 is 1.72 bits per heavy atom. The minimum absolute atomic E-state index is 0. The molecule has 0 rings (SSSR count). The summed E-state index contributed by atoms with van der Waals surface area (Å²) in [6, 6.07) is 0. The SMILES string of the molecule is CCCCCCCCCCCCC(I)C(=O)[O-].[K+]. The second-order valence-electron chi connectivity index (χ2n) is 4.76. The van der Waals surface area contributed by atoms with E-state index in [-0.39, 0.29) is 55.3 Å². The van der Waals surface area contributed by atoms with Crippen molar-refractivity contribution in [3.8, 4) is 0 Å². The predicted octanol–water partition coefficient (Wildman–Crippen LogP) is 0.855. The van der Waals surface area contributed by atoms with E-state index < -0.39 is 5.97 Å². The van der Waals surface area contributed by atoms with Gasteiger partial charge in [-0.2, -0.15) is 0 Å². The maximum Gasteiger partial charge on any atom is 1.00 e. The van der Waals surface area contributed by atoms with E-state index in [0.29, 0.717) is 0 Å². The summed E-state index contributed by atoms with van der Waals surface area (Å²) in [6.07, 6.45) is 13.7. The van der Waals surface area contributed by atoms with Crippen LogP contribution in [0.2, 0.25) is 0 Å². The molecule has 4 heteroatoms. The number of carboxylic acids is 1. The van der Waals surface area contributed by atoms with E-state index in [9.17, 15) is 9.90 Å². The van der Waals surface area contributed by atoms with Crippen LogP contribution in [0, 0.1) is 0 Å². The third-order valence-electron chi connectivity index (χ3n) is 3.07. The number of aliphatic carboxylic acids is 1. The van der Waals surface area contributed by atoms with Crippen molar-refractivity contribution in [2.45, 2.75) is 81.5 Å². The van der Waals surface area contributed by atoms with Crippen LogP contribution in [0.3, 0.4) is 0 Å². The molecule has 0 aromatic rings. The Labute approximate surface area is 169 Å². The summed E-state index contributed by atoms with van der Waals surface area (Å²) in [7, 11) is 0. The van der Waals surface area contributed by atoms with Gasteiger partial charge in [0.2, 0.25) is 0 Å². The molecule has 0 bridgehead atoms. The molecular formula is C14H26IKO2. The van der Waals surface area contributed by atoms with Crippen molar-refractivity contribution in [3.63, 3.8) is 0 Å². The van der Waals surface area contributed by atoms with E-state index in [1.54, 1.807) is 0 Å². The molecule has 0 amide bonds. The molecule has 2 nitrogen and oxygen atoms in total. The molecule has 0 aromatic carbocycles. The number of hydrogen-bond donors (Lipinski definition) is 0. The Balaban J connectivity index is 0. The van der Waals surface area contributed by atoms with E-state index in [1.807, 2.05) is 22.6 Å². The molecule has 18 heavy (non-hydrogen) atoms. The summed E-state index contributed by atoms with van der Waals surface area (Å²) >= 11 is 1.96. The zero-order valence-corrected chi connectivity index (χ0v) is 17.3. The van der Waals surface area contributed by atoms with Gasteiger partial charge in [0, 0.05) is 0 Å². The van der Waals surface area contributed by atoms with Gasteiger partial charge in [-0.3, -0.25) is 0 Å². The Hall–Kier alpha value is 1.84. The van der Waals surface area contributed by atoms with Gasteiger partial charge >= 0.3 is 51.4 Å². The first kappa shape index (κ1) is 22.1. The van der Waals surface area contributed by atoms with Crippen molar-refractivity contribution in [2.75, 3.05) is 0 Å². The van der Waals surface area contributed by atoms with Gasteiger partial charge in [-0.1, -0.05) is 93.7 Å². The molecule has 0 fully saturated rings. The smallest absolute Gasteiger partial charge is 0.549 e. The summed E-state index contributed by atoms with van der Waals surface area (Å²) in [6.45, 7) is 2.24. The second-order valence-corrected chi connectivity index (χ2v) is 6.26. The number of carboxylic acid groups (broad SMARTS) is 1. The van der Waals surface area contributed by atoms with Crippen LogP contribution in [0.1, 0.15) is 77.6 Å². The molecular weight excluding hydrogens is 366 g/mol. The third kappa shape index (κ3) is 15.9. The van der Waals surface area contributed by atoms with Crippen LogP contribution in [0.25, 0.3) is 0 Å². The Morgan fingerprint density at radius 1 is 0.944 bits per heavy atom. The molecule has 0 spiro atoms. The van der Waals surface area contributed by atoms with Crippen molar-refractivity contribution in [3.05, 3.63) is 0 Å². The molecule has 0 aliphatic carbocycles. The molecule has 1 unspecified atom stereocenters. The number of alkyl halides is 1. The van der Waals surface area contributed by atoms with Crippen LogP contribution in [-0.2, 0) is 4.79 Å². The number of halogens is 1. The van der Waals surface area contributed by atoms with Crippen LogP contribution >= 0.6 is 22.6 Å². The largest absolute Gasteiger partial charge is 1.00 e. The van der Waals surface area contributed by atoms with Crippen molar-refractivity contribution in [1.82, 2.24) is 0 Å². The van der Waals surface area contributed by atoms with Crippen molar-refractivity contribution in [2.24, 2.45) is 0 Å². The van der Waals surface area contributed by atoms with Gasteiger partial charge in [-0.15, -0.1) is 0 Å². The van der Waals surface area contributed by atoms with E-state index >= 15 is 0 Å². The van der Waals surface area contributed by atoms with Crippen LogP contribution < -0.4 is 56.5 Å². The van der Waals surface area contributed by atoms with E-state index in [1.165, 1.54) is 57.8 Å². The van der Waals surface area contributed by atoms with E-state index in [2.05, 4.69) is 6.92 Å². The molecule has 1 atom stereocenters. The summed E-state index contributed by atoms with van der Waals surface area (Å²) in [5, 5.41) is 10.5. The fourth-order valence-electron chi connectivity index (χ4n) is 1.93. The van der Waals surface area contributed by atoms with Crippen LogP contribution in [0.4, 0.5) is 0 Å². The Kier molecular flexibility index (Phi) is 20.8. The van der Waals surface area contributed by atoms with Gasteiger partial charge in [-0.25, -0.2) is 0 Å². The average molecular weight is 392 g/mol.